The van der Waals surface area contributed by atoms with Gasteiger partial charge in [-0.15, -0.1) is 0 Å². The number of aromatic nitrogens is 10. The molecule has 0 saturated carbocycles. The van der Waals surface area contributed by atoms with Crippen LogP contribution in [0, 0.1) is 20.8 Å². The average Bonchev–Trinajstić information content (AvgIpc) is 1.60. The molecular formula is C101H75Al2CuN12O3P. The van der Waals surface area contributed by atoms with Crippen LogP contribution in [0.3, 0.4) is 0 Å². The van der Waals surface area contributed by atoms with Gasteiger partial charge in [0.15, 0.2) is 0 Å². The molecule has 0 amide bonds. The van der Waals surface area contributed by atoms with E-state index in [9.17, 15) is 0 Å². The van der Waals surface area contributed by atoms with E-state index in [1.54, 1.807) is 6.20 Å². The molecule has 1 atom stereocenters. The van der Waals surface area contributed by atoms with Crippen molar-refractivity contribution in [2.24, 2.45) is 0 Å². The Morgan fingerprint density at radius 3 is 1.13 bits per heavy atom. The fraction of sp³-hybridized carbons (Fsp3) is 0.0297. The van der Waals surface area contributed by atoms with Gasteiger partial charge in [-0.05, 0) is 185 Å². The van der Waals surface area contributed by atoms with Gasteiger partial charge < -0.3 is 51.1 Å². The van der Waals surface area contributed by atoms with Crippen LogP contribution in [0.25, 0.3) is 134 Å². The number of fused-ring (bicyclic) bond motifs is 22. The predicted molar refractivity (Wildman–Crippen MR) is 491 cm³/mol. The van der Waals surface area contributed by atoms with Crippen LogP contribution in [0.1, 0.15) is 16.8 Å². The number of hydrogen-bond donors (Lipinski definition) is 0. The Morgan fingerprint density at radius 1 is 0.342 bits per heavy atom. The topological polar surface area (TPSA) is 165 Å². The van der Waals surface area contributed by atoms with Crippen LogP contribution < -0.4 is 31.1 Å². The summed E-state index contributed by atoms with van der Waals surface area (Å²) >= 11 is 0.801. The summed E-state index contributed by atoms with van der Waals surface area (Å²) in [5.74, 6) is 4.62. The van der Waals surface area contributed by atoms with Crippen LogP contribution in [0.4, 0.5) is 34.1 Å². The van der Waals surface area contributed by atoms with Crippen LogP contribution in [0.5, 0.6) is 17.2 Å². The summed E-state index contributed by atoms with van der Waals surface area (Å²) in [7, 11) is -0.417. The van der Waals surface area contributed by atoms with Crippen molar-refractivity contribution < 1.29 is 28.4 Å². The van der Waals surface area contributed by atoms with Crippen LogP contribution in [-0.4, -0.2) is 74.9 Å². The van der Waals surface area contributed by atoms with Crippen LogP contribution in [-0.2, 0) is 17.1 Å². The van der Waals surface area contributed by atoms with E-state index in [0.29, 0.717) is 45.9 Å². The molecule has 2 aliphatic heterocycles. The fourth-order valence-electron chi connectivity index (χ4n) is 14.6. The molecule has 21 rings (SSSR count). The van der Waals surface area contributed by atoms with Crippen LogP contribution in [0.15, 0.2) is 376 Å². The molecule has 0 fully saturated rings. The first-order chi connectivity index (χ1) is 59.6. The molecule has 7 heterocycles. The summed E-state index contributed by atoms with van der Waals surface area (Å²) in [6.45, 7) is 6.25. The quantitative estimate of drug-likeness (QED) is 0.0790. The molecule has 14 aromatic carbocycles. The molecule has 0 N–H and O–H groups in total. The second-order valence-electron chi connectivity index (χ2n) is 28.3. The molecule has 0 spiro atoms. The summed E-state index contributed by atoms with van der Waals surface area (Å²) < 4.78 is 28.7. The fourth-order valence-corrected chi connectivity index (χ4v) is 15.5. The monoisotopic (exact) mass is 1650 g/mol. The standard InChI is InChI=1S/C38H32N2.C32H16N8.C12H10O.C10H9NO.C9H7NO.2Al.Cu.H3P.H/c1-29-11-9-17-37(27-29)39(33-13-5-3-6-14-33)35-23-19-31(20-24-35)32-21-25-36(26-22-32)40(34-15-7-4-8-16-34)38-18-10-12-30(2)28-38;1-2-10-18-17(9-1)25-33-26(18)38-28-21-13-5-6-14-22(21)30(35-28)40-32-24-16-8-7-15-23(24)31(36-32)39-29-20-12-4-3-11-19(20)27(34-29)37-25;13-12-8-6-11(7-9-12)10-4-2-1-3-5-10;1-7-5-6-8-3-2-4-9(12)10(8)11-7;11-8-5-1-3-7-4-2-6-10-9(7)8;;;;;/h3-28H,1-2H3;1-16H;1-9,13H;2-6,12H,1H3;1-6,11H;;;;1H3;/q;-2;;;;+1;2*+2;;/p-3/i;;;;;;;;1TD;. The van der Waals surface area contributed by atoms with Gasteiger partial charge in [-0.1, -0.05) is 261 Å². The molecule has 2 aliphatic rings. The van der Waals surface area contributed by atoms with E-state index in [-0.39, 0.29) is 17.1 Å². The molecule has 0 saturated heterocycles. The smallest absolute Gasteiger partial charge is 0.649 e. The molecule has 5 aromatic heterocycles. The number of benzene rings is 14. The van der Waals surface area contributed by atoms with Crippen molar-refractivity contribution in [2.45, 2.75) is 20.8 Å². The zero-order valence-corrected chi connectivity index (χ0v) is 70.0. The molecular weight excluding hydrogens is 1580 g/mol. The summed E-state index contributed by atoms with van der Waals surface area (Å²) in [6, 6.07) is 126. The minimum absolute atomic E-state index is 0. The third-order valence-corrected chi connectivity index (χ3v) is 21.4. The maximum Gasteiger partial charge on any atom is 2.00 e. The molecule has 15 nitrogen and oxygen atoms in total. The van der Waals surface area contributed by atoms with Crippen molar-refractivity contribution in [3.63, 3.8) is 0 Å². The first-order valence-electron chi connectivity index (χ1n) is 39.7. The molecule has 1 unspecified atom stereocenters. The molecule has 8 bridgehead atoms. The first kappa shape index (κ1) is 77.5. The number of nitrogens with zero attached hydrogens (tertiary/aromatic N) is 12. The van der Waals surface area contributed by atoms with E-state index in [1.165, 1.54) is 50.0 Å². The minimum atomic E-state index is -0.665. The molecule has 19 heteroatoms. The maximum atomic E-state index is 5.90. The molecule has 0 aliphatic carbocycles. The largest absolute Gasteiger partial charge is 2.00 e. The summed E-state index contributed by atoms with van der Waals surface area (Å²) in [5, 5.41) is 5.76. The summed E-state index contributed by atoms with van der Waals surface area (Å²) in [5.41, 5.74) is 22.6. The van der Waals surface area contributed by atoms with Gasteiger partial charge in [-0.2, -0.15) is 9.79 Å². The van der Waals surface area contributed by atoms with Crippen LogP contribution >= 0.6 is 9.79 Å². The maximum absolute atomic E-state index is 5.90. The number of rotatable bonds is 13. The van der Waals surface area contributed by atoms with Gasteiger partial charge in [0.05, 0.1) is 31.6 Å². The normalized spacial score (nSPS) is 11.1. The molecule has 3 radical (unpaired) electrons. The Morgan fingerprint density at radius 2 is 0.700 bits per heavy atom. The van der Waals surface area contributed by atoms with Gasteiger partial charge in [0.2, 0.25) is 0 Å². The average molecular weight is 1660 g/mol. The number of pyridine rings is 2. The molecule has 579 valence electrons. The van der Waals surface area contributed by atoms with Crippen molar-refractivity contribution in [3.05, 3.63) is 393 Å². The Labute approximate surface area is 726 Å². The van der Waals surface area contributed by atoms with E-state index in [2.05, 4.69) is 222 Å². The molecule has 120 heavy (non-hydrogen) atoms. The number of aryl methyl sites for hydroxylation is 3. The van der Waals surface area contributed by atoms with Crippen molar-refractivity contribution in [3.8, 4) is 85.1 Å². The van der Waals surface area contributed by atoms with Gasteiger partial charge in [0.25, 0.3) is 0 Å². The summed E-state index contributed by atoms with van der Waals surface area (Å²) in [4.78, 5) is 52.7. The first-order valence-corrected chi connectivity index (χ1v) is 40.2. The van der Waals surface area contributed by atoms with E-state index < -0.39 is 25.7 Å². The molecule has 19 aromatic rings. The third kappa shape index (κ3) is 17.5. The number of hydrogen-bond acceptors (Lipinski definition) is 13. The minimum Gasteiger partial charge on any atom is -0.649 e. The predicted octanol–water partition coefficient (Wildman–Crippen LogP) is 23.7. The van der Waals surface area contributed by atoms with Crippen molar-refractivity contribution in [1.29, 1.82) is 2.56 Å². The van der Waals surface area contributed by atoms with Crippen molar-refractivity contribution in [1.82, 2.24) is 49.8 Å². The van der Waals surface area contributed by atoms with Crippen molar-refractivity contribution >= 4 is 142 Å². The van der Waals surface area contributed by atoms with Gasteiger partial charge in [0.1, 0.15) is 22.5 Å². The van der Waals surface area contributed by atoms with E-state index in [4.69, 9.17) is 53.8 Å². The Balaban J connectivity index is 0.000000127. The zero-order chi connectivity index (χ0) is 82.4. The Bertz CT molecular complexity index is 6620. The second kappa shape index (κ2) is 36.8. The van der Waals surface area contributed by atoms with Gasteiger partial charge in [0, 0.05) is 102 Å². The number of para-hydroxylation sites is 4. The van der Waals surface area contributed by atoms with E-state index in [1.807, 2.05) is 189 Å². The van der Waals surface area contributed by atoms with E-state index in [0.717, 1.165) is 123 Å². The van der Waals surface area contributed by atoms with E-state index >= 15 is 0 Å². The zero-order valence-electron chi connectivity index (χ0n) is 67.5. The third-order valence-electron chi connectivity index (χ3n) is 20.4. The van der Waals surface area contributed by atoms with Gasteiger partial charge in [-0.3, -0.25) is 4.98 Å². The van der Waals surface area contributed by atoms with Crippen LogP contribution in [0.2, 0.25) is 0 Å². The SMILES string of the molecule is Cc1ccc2cccc([O][Al][O]c3ccc(-c4ccccc4)cc3)c2n1.Cc1cccc(N(c2ccccc2)c2ccc(-c3ccc(N(c4ccccc4)c4cccc(C)c4)cc3)cc2)c1.[2H]P[3H].[AlH][O]c1cccc2cccnc12.[Cu+2].c1ccc2c(c1)-c1nc-2nc2[n-]c(nc3nc(nc4[n-]c(n1)c1ccccc41)-c1ccccc1-3)c1ccccc21. The second-order valence-corrected chi connectivity index (χ2v) is 29.2. The Kier molecular flexibility index (Phi) is 23.8. The Hall–Kier alpha value is -13.7. The van der Waals surface area contributed by atoms with Gasteiger partial charge in [-0.25, -0.2) is 15.0 Å². The van der Waals surface area contributed by atoms with Crippen molar-refractivity contribution in [2.75, 3.05) is 9.80 Å². The number of anilines is 6. The summed E-state index contributed by atoms with van der Waals surface area (Å²) in [6.07, 6.45) is 1.77. The van der Waals surface area contributed by atoms with Gasteiger partial charge >= 0.3 is 49.6 Å².